The molecular weight excluding hydrogens is 374 g/mol. The quantitative estimate of drug-likeness (QED) is 0.618. The number of amides is 2. The highest BCUT2D eigenvalue weighted by molar-refractivity contribution is 6.00. The van der Waals surface area contributed by atoms with E-state index >= 15 is 0 Å². The zero-order chi connectivity index (χ0) is 20.9. The Balaban J connectivity index is 1.46. The fourth-order valence-electron chi connectivity index (χ4n) is 3.70. The van der Waals surface area contributed by atoms with E-state index < -0.39 is 6.04 Å². The lowest BCUT2D eigenvalue weighted by Gasteiger charge is -2.20. The monoisotopic (exact) mass is 399 g/mol. The normalized spacial score (nSPS) is 14.4. The van der Waals surface area contributed by atoms with Crippen molar-refractivity contribution < 1.29 is 9.59 Å². The molecule has 0 radical (unpaired) electrons. The first-order chi connectivity index (χ1) is 14.6. The molecular formula is C25H25N3O2. The Morgan fingerprint density at radius 1 is 0.967 bits per heavy atom. The number of hydrogen-bond acceptors (Lipinski definition) is 3. The van der Waals surface area contributed by atoms with Crippen molar-refractivity contribution in [1.29, 1.82) is 0 Å². The van der Waals surface area contributed by atoms with Crippen molar-refractivity contribution in [2.24, 2.45) is 0 Å². The number of hydrogen-bond donors (Lipinski definition) is 2. The second-order valence-electron chi connectivity index (χ2n) is 7.47. The summed E-state index contributed by atoms with van der Waals surface area (Å²) in [5.41, 5.74) is 4.49. The van der Waals surface area contributed by atoms with Gasteiger partial charge in [0.2, 0.25) is 11.8 Å². The SMILES string of the molecule is C[C@@H](Nc1cccc(N2CCCC2=O)c1)C(=O)Nc1ccccc1-c1ccccc1. The molecule has 4 rings (SSSR count). The van der Waals surface area contributed by atoms with E-state index in [0.717, 1.165) is 41.2 Å². The standard InChI is InChI=1S/C25H25N3O2/c1-18(26-20-11-7-12-21(17-20)28-16-8-15-24(28)29)25(30)27-23-14-6-5-13-22(23)19-9-3-2-4-10-19/h2-7,9-14,17-18,26H,8,15-16H2,1H3,(H,27,30)/t18-/m1/s1. The summed E-state index contributed by atoms with van der Waals surface area (Å²) in [6.07, 6.45) is 1.48. The van der Waals surface area contributed by atoms with Crippen LogP contribution in [-0.4, -0.2) is 24.4 Å². The third-order valence-corrected chi connectivity index (χ3v) is 5.28. The summed E-state index contributed by atoms with van der Waals surface area (Å²) in [6.45, 7) is 2.57. The van der Waals surface area contributed by atoms with Crippen LogP contribution in [0.25, 0.3) is 11.1 Å². The molecule has 1 fully saturated rings. The number of rotatable bonds is 6. The van der Waals surface area contributed by atoms with Gasteiger partial charge >= 0.3 is 0 Å². The lowest BCUT2D eigenvalue weighted by Crippen LogP contribution is -2.32. The summed E-state index contributed by atoms with van der Waals surface area (Å²) < 4.78 is 0. The van der Waals surface area contributed by atoms with Crippen molar-refractivity contribution >= 4 is 28.9 Å². The second-order valence-corrected chi connectivity index (χ2v) is 7.47. The van der Waals surface area contributed by atoms with E-state index in [1.54, 1.807) is 4.90 Å². The van der Waals surface area contributed by atoms with E-state index in [2.05, 4.69) is 10.6 Å². The summed E-state index contributed by atoms with van der Waals surface area (Å²) in [6, 6.07) is 25.0. The molecule has 1 atom stereocenters. The summed E-state index contributed by atoms with van der Waals surface area (Å²) >= 11 is 0. The van der Waals surface area contributed by atoms with Crippen LogP contribution in [0.15, 0.2) is 78.9 Å². The molecule has 0 spiro atoms. The molecule has 5 nitrogen and oxygen atoms in total. The topological polar surface area (TPSA) is 61.4 Å². The third-order valence-electron chi connectivity index (χ3n) is 5.28. The highest BCUT2D eigenvalue weighted by atomic mass is 16.2. The van der Waals surface area contributed by atoms with E-state index in [1.807, 2.05) is 85.8 Å². The van der Waals surface area contributed by atoms with E-state index in [1.165, 1.54) is 0 Å². The Hall–Kier alpha value is -3.60. The highest BCUT2D eigenvalue weighted by Gasteiger charge is 2.22. The Morgan fingerprint density at radius 2 is 1.73 bits per heavy atom. The Kier molecular flexibility index (Phi) is 5.80. The average Bonchev–Trinajstić information content (AvgIpc) is 3.21. The van der Waals surface area contributed by atoms with Gasteiger partial charge in [-0.25, -0.2) is 0 Å². The molecule has 1 heterocycles. The van der Waals surface area contributed by atoms with Crippen molar-refractivity contribution in [3.8, 4) is 11.1 Å². The maximum atomic E-state index is 12.9. The van der Waals surface area contributed by atoms with E-state index in [-0.39, 0.29) is 11.8 Å². The maximum Gasteiger partial charge on any atom is 0.246 e. The predicted molar refractivity (Wildman–Crippen MR) is 122 cm³/mol. The van der Waals surface area contributed by atoms with E-state index in [0.29, 0.717) is 6.42 Å². The minimum atomic E-state index is -0.446. The Bertz CT molecular complexity index is 1050. The molecule has 3 aromatic carbocycles. The molecule has 3 aromatic rings. The smallest absolute Gasteiger partial charge is 0.246 e. The summed E-state index contributed by atoms with van der Waals surface area (Å²) in [5.74, 6) is 0.0245. The lowest BCUT2D eigenvalue weighted by atomic mass is 10.0. The predicted octanol–water partition coefficient (Wildman–Crippen LogP) is 4.92. The van der Waals surface area contributed by atoms with Crippen molar-refractivity contribution in [1.82, 2.24) is 0 Å². The number of carbonyl (C=O) groups excluding carboxylic acids is 2. The number of carbonyl (C=O) groups is 2. The van der Waals surface area contributed by atoms with Gasteiger partial charge in [0.05, 0.1) is 0 Å². The molecule has 1 aliphatic rings. The largest absolute Gasteiger partial charge is 0.374 e. The lowest BCUT2D eigenvalue weighted by molar-refractivity contribution is -0.117. The molecule has 1 aliphatic heterocycles. The number of benzene rings is 3. The van der Waals surface area contributed by atoms with E-state index in [4.69, 9.17) is 0 Å². The molecule has 30 heavy (non-hydrogen) atoms. The van der Waals surface area contributed by atoms with E-state index in [9.17, 15) is 9.59 Å². The molecule has 0 aliphatic carbocycles. The van der Waals surface area contributed by atoms with Gasteiger partial charge in [-0.3, -0.25) is 9.59 Å². The van der Waals surface area contributed by atoms with Crippen LogP contribution in [0.4, 0.5) is 17.1 Å². The fraction of sp³-hybridized carbons (Fsp3) is 0.200. The molecule has 1 saturated heterocycles. The average molecular weight is 399 g/mol. The highest BCUT2D eigenvalue weighted by Crippen LogP contribution is 2.28. The van der Waals surface area contributed by atoms with Gasteiger partial charge < -0.3 is 15.5 Å². The molecule has 2 N–H and O–H groups in total. The zero-order valence-corrected chi connectivity index (χ0v) is 17.0. The number of para-hydroxylation sites is 1. The van der Waals surface area contributed by atoms with Crippen LogP contribution in [-0.2, 0) is 9.59 Å². The molecule has 152 valence electrons. The van der Waals surface area contributed by atoms with Gasteiger partial charge in [0.15, 0.2) is 0 Å². The molecule has 0 aromatic heterocycles. The van der Waals surface area contributed by atoms with Crippen molar-refractivity contribution in [2.75, 3.05) is 22.1 Å². The second kappa shape index (κ2) is 8.82. The molecule has 5 heteroatoms. The maximum absolute atomic E-state index is 12.9. The first-order valence-electron chi connectivity index (χ1n) is 10.2. The van der Waals surface area contributed by atoms with Gasteiger partial charge in [-0.2, -0.15) is 0 Å². The number of nitrogens with zero attached hydrogens (tertiary/aromatic N) is 1. The van der Waals surface area contributed by atoms with Gasteiger partial charge in [0.1, 0.15) is 6.04 Å². The molecule has 2 amide bonds. The first kappa shape index (κ1) is 19.7. The molecule has 0 unspecified atom stereocenters. The minimum Gasteiger partial charge on any atom is -0.374 e. The van der Waals surface area contributed by atoms with Gasteiger partial charge in [-0.15, -0.1) is 0 Å². The third kappa shape index (κ3) is 4.35. The van der Waals surface area contributed by atoms with Gasteiger partial charge in [-0.05, 0) is 43.2 Å². The van der Waals surface area contributed by atoms with Gasteiger partial charge in [0, 0.05) is 35.6 Å². The number of anilines is 3. The van der Waals surface area contributed by atoms with Crippen molar-refractivity contribution in [2.45, 2.75) is 25.8 Å². The Labute approximate surface area is 176 Å². The molecule has 0 saturated carbocycles. The van der Waals surface area contributed by atoms with Crippen LogP contribution in [0.5, 0.6) is 0 Å². The van der Waals surface area contributed by atoms with Gasteiger partial charge in [0.25, 0.3) is 0 Å². The van der Waals surface area contributed by atoms with Gasteiger partial charge in [-0.1, -0.05) is 54.6 Å². The van der Waals surface area contributed by atoms with Crippen LogP contribution in [0, 0.1) is 0 Å². The van der Waals surface area contributed by atoms with Crippen molar-refractivity contribution in [3.05, 3.63) is 78.9 Å². The first-order valence-corrected chi connectivity index (χ1v) is 10.2. The van der Waals surface area contributed by atoms with Crippen LogP contribution < -0.4 is 15.5 Å². The van der Waals surface area contributed by atoms with Crippen LogP contribution >= 0.6 is 0 Å². The van der Waals surface area contributed by atoms with Crippen LogP contribution in [0.2, 0.25) is 0 Å². The summed E-state index contributed by atoms with van der Waals surface area (Å²) in [7, 11) is 0. The molecule has 0 bridgehead atoms. The minimum absolute atomic E-state index is 0.124. The zero-order valence-electron chi connectivity index (χ0n) is 17.0. The summed E-state index contributed by atoms with van der Waals surface area (Å²) in [5, 5.41) is 6.29. The van der Waals surface area contributed by atoms with Crippen LogP contribution in [0.3, 0.4) is 0 Å². The fourth-order valence-corrected chi connectivity index (χ4v) is 3.70. The van der Waals surface area contributed by atoms with Crippen molar-refractivity contribution in [3.63, 3.8) is 0 Å². The Morgan fingerprint density at radius 3 is 2.50 bits per heavy atom. The summed E-state index contributed by atoms with van der Waals surface area (Å²) in [4.78, 5) is 26.7. The number of nitrogens with one attached hydrogen (secondary N) is 2. The van der Waals surface area contributed by atoms with Crippen LogP contribution in [0.1, 0.15) is 19.8 Å².